The summed E-state index contributed by atoms with van der Waals surface area (Å²) in [5.74, 6) is -0.676. The summed E-state index contributed by atoms with van der Waals surface area (Å²) in [6, 6.07) is 12.6. The maximum absolute atomic E-state index is 13.3. The molecule has 3 rings (SSSR count). The van der Waals surface area contributed by atoms with E-state index >= 15 is 0 Å². The van der Waals surface area contributed by atoms with Gasteiger partial charge < -0.3 is 15.7 Å². The third-order valence-corrected chi connectivity index (χ3v) is 5.69. The van der Waals surface area contributed by atoms with Gasteiger partial charge >= 0.3 is 0 Å². The van der Waals surface area contributed by atoms with Crippen LogP contribution in [0.15, 0.2) is 48.5 Å². The van der Waals surface area contributed by atoms with Crippen molar-refractivity contribution in [2.75, 3.05) is 19.6 Å². The topological polar surface area (TPSA) is 66.6 Å². The van der Waals surface area contributed by atoms with Crippen LogP contribution in [0.4, 0.5) is 4.39 Å². The zero-order valence-electron chi connectivity index (χ0n) is 15.8. The maximum Gasteiger partial charge on any atom is 0.179 e. The van der Waals surface area contributed by atoms with Crippen LogP contribution in [-0.2, 0) is 6.42 Å². The van der Waals surface area contributed by atoms with E-state index in [-0.39, 0.29) is 5.78 Å². The number of carbonyl (C=O) groups is 1. The molecule has 0 aromatic heterocycles. The zero-order valence-corrected chi connectivity index (χ0v) is 16.5. The molecule has 2 aromatic carbocycles. The summed E-state index contributed by atoms with van der Waals surface area (Å²) < 4.78 is 13.3. The number of nitrogens with zero attached hydrogens (tertiary/aromatic N) is 1. The number of hydrogen-bond acceptors (Lipinski definition) is 4. The summed E-state index contributed by atoms with van der Waals surface area (Å²) in [6.07, 6.45) is 2.45. The molecular weight excluding hydrogens is 379 g/mol. The number of benzene rings is 2. The molecule has 6 heteroatoms. The third kappa shape index (κ3) is 5.61. The minimum Gasteiger partial charge on any atom is -0.389 e. The first-order chi connectivity index (χ1) is 13.3. The molecule has 1 saturated heterocycles. The molecule has 0 saturated carbocycles. The number of carbonyl (C=O) groups excluding carboxylic acids is 1. The fourth-order valence-corrected chi connectivity index (χ4v) is 3.79. The normalized spacial score (nSPS) is 18.0. The maximum atomic E-state index is 13.3. The summed E-state index contributed by atoms with van der Waals surface area (Å²) in [5, 5.41) is 11.6. The minimum atomic E-state index is -0.718. The Kier molecular flexibility index (Phi) is 6.83. The van der Waals surface area contributed by atoms with E-state index in [0.717, 1.165) is 18.7 Å². The first-order valence-electron chi connectivity index (χ1n) is 9.59. The fourth-order valence-electron chi connectivity index (χ4n) is 3.66. The number of piperidine rings is 1. The number of rotatable bonds is 7. The number of Topliss-reactive ketones (excluding diaryl/α,β-unsaturated/α-hetero) is 1. The van der Waals surface area contributed by atoms with E-state index in [0.29, 0.717) is 42.8 Å². The summed E-state index contributed by atoms with van der Waals surface area (Å²) in [7, 11) is 0. The molecule has 0 spiro atoms. The van der Waals surface area contributed by atoms with Gasteiger partial charge in [-0.25, -0.2) is 4.39 Å². The monoisotopic (exact) mass is 404 g/mol. The highest BCUT2D eigenvalue weighted by Gasteiger charge is 2.32. The van der Waals surface area contributed by atoms with E-state index in [1.165, 1.54) is 18.2 Å². The van der Waals surface area contributed by atoms with Crippen molar-refractivity contribution in [3.8, 4) is 0 Å². The summed E-state index contributed by atoms with van der Waals surface area (Å²) >= 11 is 5.92. The molecule has 0 aliphatic carbocycles. The highest BCUT2D eigenvalue weighted by atomic mass is 35.5. The fraction of sp³-hybridized carbons (Fsp3) is 0.409. The van der Waals surface area contributed by atoms with E-state index in [9.17, 15) is 14.3 Å². The largest absolute Gasteiger partial charge is 0.389 e. The average Bonchev–Trinajstić information content (AvgIpc) is 2.68. The van der Waals surface area contributed by atoms with Gasteiger partial charge in [-0.2, -0.15) is 0 Å². The van der Waals surface area contributed by atoms with Gasteiger partial charge in [0.15, 0.2) is 5.78 Å². The van der Waals surface area contributed by atoms with E-state index in [1.54, 1.807) is 6.07 Å². The zero-order chi connectivity index (χ0) is 20.1. The van der Waals surface area contributed by atoms with Gasteiger partial charge in [0.05, 0.1) is 11.6 Å². The van der Waals surface area contributed by atoms with Crippen LogP contribution < -0.4 is 5.73 Å². The van der Waals surface area contributed by atoms with Crippen LogP contribution in [0, 0.1) is 5.82 Å². The average molecular weight is 405 g/mol. The first-order valence-corrected chi connectivity index (χ1v) is 9.97. The summed E-state index contributed by atoms with van der Waals surface area (Å²) in [5.41, 5.74) is 6.69. The molecule has 1 fully saturated rings. The summed E-state index contributed by atoms with van der Waals surface area (Å²) in [6.45, 7) is 2.19. The Bertz CT molecular complexity index is 804. The van der Waals surface area contributed by atoms with Crippen molar-refractivity contribution >= 4 is 17.4 Å². The van der Waals surface area contributed by atoms with Crippen molar-refractivity contribution < 1.29 is 14.3 Å². The Balaban J connectivity index is 1.46. The lowest BCUT2D eigenvalue weighted by molar-refractivity contribution is -0.0209. The molecule has 0 radical (unpaired) electrons. The molecule has 150 valence electrons. The second kappa shape index (κ2) is 9.14. The van der Waals surface area contributed by atoms with Crippen molar-refractivity contribution in [1.29, 1.82) is 0 Å². The molecule has 1 aliphatic rings. The second-order valence-electron chi connectivity index (χ2n) is 7.64. The van der Waals surface area contributed by atoms with Crippen molar-refractivity contribution in [3.05, 3.63) is 70.5 Å². The number of aliphatic hydroxyl groups is 1. The lowest BCUT2D eigenvalue weighted by atomic mass is 9.85. The smallest absolute Gasteiger partial charge is 0.179 e. The van der Waals surface area contributed by atoms with Gasteiger partial charge in [-0.15, -0.1) is 0 Å². The van der Waals surface area contributed by atoms with Gasteiger partial charge in [0.2, 0.25) is 0 Å². The second-order valence-corrected chi connectivity index (χ2v) is 8.08. The Morgan fingerprint density at radius 1 is 1.21 bits per heavy atom. The Hall–Kier alpha value is -1.79. The van der Waals surface area contributed by atoms with Crippen molar-refractivity contribution in [2.24, 2.45) is 5.73 Å². The standard InChI is InChI=1S/C22H26ClFN2O2/c23-18-6-4-16(5-7-18)15-22(28)9-12-26(13-10-22)11-8-20(25)21(27)17-2-1-3-19(24)14-17/h1-7,14,20,28H,8-13,15,25H2. The summed E-state index contributed by atoms with van der Waals surface area (Å²) in [4.78, 5) is 14.6. The lowest BCUT2D eigenvalue weighted by Crippen LogP contribution is -2.47. The lowest BCUT2D eigenvalue weighted by Gasteiger charge is -2.38. The Morgan fingerprint density at radius 2 is 1.89 bits per heavy atom. The highest BCUT2D eigenvalue weighted by Crippen LogP contribution is 2.27. The predicted molar refractivity (Wildman–Crippen MR) is 109 cm³/mol. The van der Waals surface area contributed by atoms with E-state index in [2.05, 4.69) is 4.90 Å². The number of likely N-dealkylation sites (tertiary alicyclic amines) is 1. The molecular formula is C22H26ClFN2O2. The SMILES string of the molecule is NC(CCN1CCC(O)(Cc2ccc(Cl)cc2)CC1)C(=O)c1cccc(F)c1. The molecule has 1 unspecified atom stereocenters. The molecule has 1 aliphatic heterocycles. The molecule has 1 atom stereocenters. The van der Waals surface area contributed by atoms with Crippen molar-refractivity contribution in [1.82, 2.24) is 4.90 Å². The van der Waals surface area contributed by atoms with Gasteiger partial charge in [-0.1, -0.05) is 35.9 Å². The van der Waals surface area contributed by atoms with Gasteiger partial charge in [0, 0.05) is 36.6 Å². The van der Waals surface area contributed by atoms with Crippen LogP contribution in [0.25, 0.3) is 0 Å². The Labute approximate surface area is 170 Å². The highest BCUT2D eigenvalue weighted by molar-refractivity contribution is 6.30. The van der Waals surface area contributed by atoms with Gasteiger partial charge in [0.1, 0.15) is 5.82 Å². The van der Waals surface area contributed by atoms with Gasteiger partial charge in [-0.05, 0) is 49.1 Å². The Morgan fingerprint density at radius 3 is 2.54 bits per heavy atom. The van der Waals surface area contributed by atoms with Crippen LogP contribution in [0.5, 0.6) is 0 Å². The molecule has 28 heavy (non-hydrogen) atoms. The molecule has 3 N–H and O–H groups in total. The van der Waals surface area contributed by atoms with Crippen molar-refractivity contribution in [3.63, 3.8) is 0 Å². The minimum absolute atomic E-state index is 0.240. The number of nitrogens with two attached hydrogens (primary N) is 1. The number of halogens is 2. The molecule has 1 heterocycles. The van der Waals surface area contributed by atoms with E-state index in [4.69, 9.17) is 17.3 Å². The van der Waals surface area contributed by atoms with Crippen LogP contribution >= 0.6 is 11.6 Å². The molecule has 2 aromatic rings. The number of ketones is 1. The quantitative estimate of drug-likeness (QED) is 0.693. The van der Waals surface area contributed by atoms with E-state index in [1.807, 2.05) is 24.3 Å². The number of hydrogen-bond donors (Lipinski definition) is 2. The van der Waals surface area contributed by atoms with Crippen molar-refractivity contribution in [2.45, 2.75) is 37.3 Å². The van der Waals surface area contributed by atoms with Crippen LogP contribution in [0.3, 0.4) is 0 Å². The van der Waals surface area contributed by atoms with Gasteiger partial charge in [0.25, 0.3) is 0 Å². The van der Waals surface area contributed by atoms with Crippen LogP contribution in [-0.4, -0.2) is 47.1 Å². The first kappa shape index (κ1) is 20.9. The molecule has 0 amide bonds. The predicted octanol–water partition coefficient (Wildman–Crippen LogP) is 3.45. The van der Waals surface area contributed by atoms with Crippen LogP contribution in [0.1, 0.15) is 35.2 Å². The van der Waals surface area contributed by atoms with E-state index < -0.39 is 17.5 Å². The van der Waals surface area contributed by atoms with Gasteiger partial charge in [-0.3, -0.25) is 4.79 Å². The third-order valence-electron chi connectivity index (χ3n) is 5.44. The van der Waals surface area contributed by atoms with Crippen LogP contribution in [0.2, 0.25) is 5.02 Å². The molecule has 4 nitrogen and oxygen atoms in total. The molecule has 0 bridgehead atoms.